The monoisotopic (exact) mass is 1030 g/mol. The van der Waals surface area contributed by atoms with Crippen LogP contribution in [0, 0.1) is 0 Å². The van der Waals surface area contributed by atoms with Crippen molar-refractivity contribution in [1.82, 2.24) is 0 Å². The number of aromatic nitrogens is 4. The van der Waals surface area contributed by atoms with Gasteiger partial charge in [0, 0.05) is 99.2 Å². The highest BCUT2D eigenvalue weighted by molar-refractivity contribution is 6.06. The van der Waals surface area contributed by atoms with Crippen molar-refractivity contribution in [2.75, 3.05) is 28.4 Å². The molecule has 10 rings (SSSR count). The molecule has 372 valence electrons. The number of aliphatic hydroxyl groups excluding tert-OH is 4. The Morgan fingerprint density at radius 2 is 0.357 bits per heavy atom. The van der Waals surface area contributed by atoms with E-state index in [1.165, 1.54) is 65.3 Å². The van der Waals surface area contributed by atoms with Crippen LogP contribution in [-0.4, -0.2) is 59.8 Å². The lowest BCUT2D eigenvalue weighted by Crippen LogP contribution is -3.00. The highest BCUT2D eigenvalue weighted by atomic mass is 35.5. The number of rotatable bonds is 8. The van der Waals surface area contributed by atoms with Crippen LogP contribution < -0.4 is 67.9 Å². The molecule has 0 spiro atoms. The number of aliphatic hydroxyl groups is 4. The minimum atomic E-state index is 0. The number of nitrogens with zero attached hydrogens (tertiary/aromatic N) is 4. The van der Waals surface area contributed by atoms with Gasteiger partial charge in [-0.3, -0.25) is 0 Å². The van der Waals surface area contributed by atoms with Crippen molar-refractivity contribution in [3.8, 4) is 0 Å². The Morgan fingerprint density at radius 3 is 0.486 bits per heavy atom. The number of pyridine rings is 4. The van der Waals surface area contributed by atoms with Crippen LogP contribution in [0.5, 0.6) is 0 Å². The van der Waals surface area contributed by atoms with E-state index in [-0.39, 0.29) is 60.6 Å². The largest absolute Gasteiger partial charge is 1.00 e. The van der Waals surface area contributed by atoms with E-state index < -0.39 is 0 Å². The molecule has 0 radical (unpaired) electrons. The predicted molar refractivity (Wildman–Crippen MR) is 266 cm³/mol. The molecule has 0 amide bonds. The van der Waals surface area contributed by atoms with Crippen molar-refractivity contribution >= 4 is 43.1 Å². The van der Waals surface area contributed by atoms with Gasteiger partial charge in [0.1, 0.15) is 0 Å². The zero-order valence-electron chi connectivity index (χ0n) is 39.7. The molecular weight excluding hydrogens is 966 g/mol. The molecule has 0 aliphatic carbocycles. The highest BCUT2D eigenvalue weighted by Crippen LogP contribution is 2.34. The van der Waals surface area contributed by atoms with Gasteiger partial charge in [-0.25, -0.2) is 18.3 Å². The van der Waals surface area contributed by atoms with Gasteiger partial charge in [0.2, 0.25) is 0 Å². The maximum absolute atomic E-state index is 7.00. The fraction of sp³-hybridized carbons (Fsp3) is 0.143. The average Bonchev–Trinajstić information content (AvgIpc) is 3.39. The topological polar surface area (TPSA) is 159 Å². The molecule has 4 heterocycles. The Balaban J connectivity index is 0. The molecule has 0 unspecified atom stereocenters. The summed E-state index contributed by atoms with van der Waals surface area (Å²) in [5.74, 6) is 0. The Hall–Kier alpha value is -6.12. The maximum atomic E-state index is 7.00. The van der Waals surface area contributed by atoms with Gasteiger partial charge in [-0.2, -0.15) is 0 Å². The summed E-state index contributed by atoms with van der Waals surface area (Å²) in [5.41, 5.74) is 5.52. The normalized spacial score (nSPS) is 9.26. The number of halogens is 4. The van der Waals surface area contributed by atoms with Crippen molar-refractivity contribution < 1.29 is 99.3 Å². The summed E-state index contributed by atoms with van der Waals surface area (Å²) in [5, 5.41) is 38.7. The Bertz CT molecular complexity index is 2430. The zero-order chi connectivity index (χ0) is 45.5. The number of fused-ring (bicyclic) bond motifs is 4. The molecule has 0 aliphatic rings. The lowest BCUT2D eigenvalue weighted by atomic mass is 9.91. The fourth-order valence-electron chi connectivity index (χ4n) is 8.19. The molecular formula is C56H64Cl4N4O6. The van der Waals surface area contributed by atoms with Crippen molar-refractivity contribution in [2.45, 2.75) is 26.2 Å². The van der Waals surface area contributed by atoms with Gasteiger partial charge < -0.3 is 81.0 Å². The van der Waals surface area contributed by atoms with E-state index in [4.69, 9.17) is 20.4 Å². The summed E-state index contributed by atoms with van der Waals surface area (Å²) >= 11 is 0. The van der Waals surface area contributed by atoms with Crippen LogP contribution >= 0.6 is 0 Å². The average molecular weight is 1030 g/mol. The molecule has 0 atom stereocenters. The van der Waals surface area contributed by atoms with Gasteiger partial charge in [0.15, 0.2) is 75.8 Å². The first-order valence-corrected chi connectivity index (χ1v) is 21.2. The van der Waals surface area contributed by atoms with Crippen LogP contribution in [0.2, 0.25) is 0 Å². The Morgan fingerprint density at radius 1 is 0.229 bits per heavy atom. The standard InChI is InChI=1S/2C26H22N2.4CH4O.4ClH.2H2O/c2*1-7-15-27(16-8-1)19-25-21-11-3-5-13-23(21)26(20-28-17-9-2-10-18-28)24-14-6-4-12-22(24)25;4*1-2;;;;;;/h2*1-18H,19-20H2;4*2H,1H3;4*1H;2*1H2/q2*+2;;;;;;;;;;/p-4. The molecule has 10 nitrogen and oxygen atoms in total. The van der Waals surface area contributed by atoms with Crippen LogP contribution in [-0.2, 0) is 26.2 Å². The van der Waals surface area contributed by atoms with Crippen LogP contribution in [0.3, 0.4) is 0 Å². The van der Waals surface area contributed by atoms with Crippen LogP contribution in [0.15, 0.2) is 219 Å². The molecule has 0 aliphatic heterocycles. The van der Waals surface area contributed by atoms with Crippen molar-refractivity contribution in [3.05, 3.63) is 242 Å². The van der Waals surface area contributed by atoms with E-state index in [0.717, 1.165) is 54.6 Å². The fourth-order valence-corrected chi connectivity index (χ4v) is 8.19. The number of hydrogen-bond acceptors (Lipinski definition) is 4. The number of hydrogen-bond donors (Lipinski definition) is 4. The van der Waals surface area contributed by atoms with E-state index in [9.17, 15) is 0 Å². The third-order valence-electron chi connectivity index (χ3n) is 10.8. The summed E-state index contributed by atoms with van der Waals surface area (Å²) in [6.07, 6.45) is 17.1. The summed E-state index contributed by atoms with van der Waals surface area (Å²) < 4.78 is 9.00. The molecule has 4 aromatic heterocycles. The van der Waals surface area contributed by atoms with E-state index in [0.29, 0.717) is 0 Å². The van der Waals surface area contributed by atoms with E-state index in [1.807, 2.05) is 0 Å². The molecule has 0 fully saturated rings. The lowest BCUT2D eigenvalue weighted by molar-refractivity contribution is -0.688. The van der Waals surface area contributed by atoms with E-state index >= 15 is 0 Å². The van der Waals surface area contributed by atoms with Crippen LogP contribution in [0.25, 0.3) is 43.1 Å². The smallest absolute Gasteiger partial charge is 0.175 e. The van der Waals surface area contributed by atoms with Crippen LogP contribution in [0.1, 0.15) is 22.3 Å². The summed E-state index contributed by atoms with van der Waals surface area (Å²) in [7, 11) is 4.00. The molecule has 0 bridgehead atoms. The van der Waals surface area contributed by atoms with E-state index in [2.05, 4.69) is 238 Å². The predicted octanol–water partition coefficient (Wildman–Crippen LogP) is -5.87. The van der Waals surface area contributed by atoms with Gasteiger partial charge in [-0.15, -0.1) is 0 Å². The molecule has 70 heavy (non-hydrogen) atoms. The second-order valence-electron chi connectivity index (χ2n) is 14.3. The molecule has 14 heteroatoms. The SMILES string of the molecule is CO.CO.CO.CO.O.O.[Cl-].[Cl-].[Cl-].[Cl-].c1cc[n+](Cc2c3ccccc3c(C[n+]3ccccc3)c3ccccc23)cc1.c1cc[n+](Cc2c3ccccc3c(C[n+]3ccccc3)c3ccccc23)cc1. The Labute approximate surface area is 436 Å². The second-order valence-corrected chi connectivity index (χ2v) is 14.3. The van der Waals surface area contributed by atoms with Crippen LogP contribution in [0.4, 0.5) is 0 Å². The minimum Gasteiger partial charge on any atom is -1.00 e. The lowest BCUT2D eigenvalue weighted by Gasteiger charge is -2.14. The van der Waals surface area contributed by atoms with Crippen molar-refractivity contribution in [1.29, 1.82) is 0 Å². The van der Waals surface area contributed by atoms with Gasteiger partial charge in [0.25, 0.3) is 0 Å². The molecule has 8 N–H and O–H groups in total. The first-order chi connectivity index (χ1) is 31.8. The first kappa shape index (κ1) is 66.0. The Kier molecular flexibility index (Phi) is 33.8. The number of benzene rings is 6. The van der Waals surface area contributed by atoms with Gasteiger partial charge in [-0.05, 0) is 43.1 Å². The van der Waals surface area contributed by atoms with Crippen molar-refractivity contribution in [3.63, 3.8) is 0 Å². The molecule has 0 saturated heterocycles. The zero-order valence-corrected chi connectivity index (χ0v) is 42.7. The van der Waals surface area contributed by atoms with Gasteiger partial charge in [-0.1, -0.05) is 121 Å². The quantitative estimate of drug-likeness (QED) is 0.0884. The summed E-state index contributed by atoms with van der Waals surface area (Å²) in [4.78, 5) is 0. The minimum absolute atomic E-state index is 0. The third-order valence-corrected chi connectivity index (χ3v) is 10.8. The second kappa shape index (κ2) is 35.9. The highest BCUT2D eigenvalue weighted by Gasteiger charge is 2.20. The van der Waals surface area contributed by atoms with Gasteiger partial charge in [0.05, 0.1) is 0 Å². The summed E-state index contributed by atoms with van der Waals surface area (Å²) in [6.45, 7) is 3.45. The maximum Gasteiger partial charge on any atom is 0.175 e. The molecule has 6 aromatic carbocycles. The summed E-state index contributed by atoms with van der Waals surface area (Å²) in [6, 6.07) is 60.3. The molecule has 10 aromatic rings. The van der Waals surface area contributed by atoms with Crippen molar-refractivity contribution in [2.24, 2.45) is 0 Å². The molecule has 0 saturated carbocycles. The first-order valence-electron chi connectivity index (χ1n) is 21.2. The third kappa shape index (κ3) is 16.5. The van der Waals surface area contributed by atoms with E-state index in [1.54, 1.807) is 0 Å². The van der Waals surface area contributed by atoms with Gasteiger partial charge >= 0.3 is 0 Å².